The maximum absolute atomic E-state index is 5.76. The van der Waals surface area contributed by atoms with Crippen LogP contribution in [0.2, 0.25) is 0 Å². The fourth-order valence-corrected chi connectivity index (χ4v) is 2.26. The molecule has 0 unspecified atom stereocenters. The Morgan fingerprint density at radius 1 is 1.67 bits per heavy atom. The molecular weight excluding hydrogens is 236 g/mol. The molecule has 1 heterocycles. The number of hydrogen-bond acceptors (Lipinski definition) is 2. The molecule has 0 aromatic carbocycles. The minimum atomic E-state index is 0.561. The van der Waals surface area contributed by atoms with Gasteiger partial charge in [-0.3, -0.25) is 0 Å². The molecule has 2 rings (SSSR count). The number of amidine groups is 1. The molecule has 0 atom stereocenters. The van der Waals surface area contributed by atoms with Crippen LogP contribution in [0, 0.1) is 5.92 Å². The molecule has 12 heavy (non-hydrogen) atoms. The molecule has 0 bridgehead atoms. The maximum atomic E-state index is 5.76. The first-order chi connectivity index (χ1) is 5.75. The van der Waals surface area contributed by atoms with E-state index in [4.69, 9.17) is 5.73 Å². The number of aliphatic imine (C=N–C) groups is 1. The highest BCUT2D eigenvalue weighted by molar-refractivity contribution is 9.10. The van der Waals surface area contributed by atoms with Crippen molar-refractivity contribution in [1.29, 1.82) is 0 Å². The van der Waals surface area contributed by atoms with E-state index >= 15 is 0 Å². The highest BCUT2D eigenvalue weighted by Gasteiger charge is 2.25. The van der Waals surface area contributed by atoms with Crippen molar-refractivity contribution in [2.75, 3.05) is 0 Å². The Bertz CT molecular complexity index is 315. The van der Waals surface area contributed by atoms with E-state index in [0.29, 0.717) is 5.92 Å². The standard InChI is InChI=1S/C8H9BrN2S/c9-6-3-7(12-4-6)11-8(10)5-1-2-5/h3-5H,1-2H2,(H2,10,11). The van der Waals surface area contributed by atoms with Gasteiger partial charge < -0.3 is 5.73 Å². The molecule has 4 heteroatoms. The van der Waals surface area contributed by atoms with E-state index in [-0.39, 0.29) is 0 Å². The van der Waals surface area contributed by atoms with Gasteiger partial charge in [0.05, 0.1) is 0 Å². The van der Waals surface area contributed by atoms with Crippen LogP contribution in [0.25, 0.3) is 0 Å². The number of hydrogen-bond donors (Lipinski definition) is 1. The van der Waals surface area contributed by atoms with Gasteiger partial charge in [0.15, 0.2) is 0 Å². The van der Waals surface area contributed by atoms with Crippen LogP contribution in [-0.4, -0.2) is 5.84 Å². The number of nitrogens with two attached hydrogens (primary N) is 1. The molecule has 0 radical (unpaired) electrons. The van der Waals surface area contributed by atoms with Crippen LogP contribution in [0.5, 0.6) is 0 Å². The highest BCUT2D eigenvalue weighted by Crippen LogP contribution is 2.32. The zero-order chi connectivity index (χ0) is 8.55. The summed E-state index contributed by atoms with van der Waals surface area (Å²) >= 11 is 4.98. The highest BCUT2D eigenvalue weighted by atomic mass is 79.9. The molecule has 64 valence electrons. The second kappa shape index (κ2) is 3.18. The Morgan fingerprint density at radius 3 is 2.92 bits per heavy atom. The van der Waals surface area contributed by atoms with E-state index in [0.717, 1.165) is 15.3 Å². The van der Waals surface area contributed by atoms with Crippen molar-refractivity contribution in [3.8, 4) is 0 Å². The fraction of sp³-hybridized carbons (Fsp3) is 0.375. The van der Waals surface area contributed by atoms with Gasteiger partial charge >= 0.3 is 0 Å². The molecule has 1 aromatic rings. The zero-order valence-corrected chi connectivity index (χ0v) is 8.86. The third-order valence-electron chi connectivity index (χ3n) is 1.79. The van der Waals surface area contributed by atoms with Crippen molar-refractivity contribution in [1.82, 2.24) is 0 Å². The normalized spacial score (nSPS) is 18.2. The van der Waals surface area contributed by atoms with Gasteiger partial charge in [0.1, 0.15) is 10.8 Å². The van der Waals surface area contributed by atoms with Gasteiger partial charge in [-0.05, 0) is 34.8 Å². The van der Waals surface area contributed by atoms with Gasteiger partial charge in [0.2, 0.25) is 0 Å². The number of thiophene rings is 1. The number of halogens is 1. The topological polar surface area (TPSA) is 38.4 Å². The molecule has 0 aliphatic heterocycles. The van der Waals surface area contributed by atoms with E-state index < -0.39 is 0 Å². The first kappa shape index (κ1) is 8.26. The zero-order valence-electron chi connectivity index (χ0n) is 6.46. The van der Waals surface area contributed by atoms with Gasteiger partial charge in [-0.2, -0.15) is 0 Å². The number of nitrogens with zero attached hydrogens (tertiary/aromatic N) is 1. The van der Waals surface area contributed by atoms with Crippen LogP contribution >= 0.6 is 27.3 Å². The Hall–Kier alpha value is -0.350. The predicted octanol–water partition coefficient (Wildman–Crippen LogP) is 2.91. The summed E-state index contributed by atoms with van der Waals surface area (Å²) in [6.45, 7) is 0. The summed E-state index contributed by atoms with van der Waals surface area (Å²) in [6.07, 6.45) is 2.42. The Morgan fingerprint density at radius 2 is 2.42 bits per heavy atom. The maximum Gasteiger partial charge on any atom is 0.119 e. The second-order valence-corrected chi connectivity index (χ2v) is 4.72. The van der Waals surface area contributed by atoms with Gasteiger partial charge in [-0.25, -0.2) is 4.99 Å². The van der Waals surface area contributed by atoms with Crippen LogP contribution in [0.3, 0.4) is 0 Å². The monoisotopic (exact) mass is 244 g/mol. The van der Waals surface area contributed by atoms with Crippen molar-refractivity contribution < 1.29 is 0 Å². The van der Waals surface area contributed by atoms with Gasteiger partial charge in [0.25, 0.3) is 0 Å². The first-order valence-electron chi connectivity index (χ1n) is 3.84. The van der Waals surface area contributed by atoms with E-state index in [2.05, 4.69) is 20.9 Å². The van der Waals surface area contributed by atoms with Crippen LogP contribution in [0.15, 0.2) is 20.9 Å². The van der Waals surface area contributed by atoms with Gasteiger partial charge in [-0.1, -0.05) is 0 Å². The van der Waals surface area contributed by atoms with Crippen molar-refractivity contribution in [2.45, 2.75) is 12.8 Å². The van der Waals surface area contributed by atoms with E-state index in [1.54, 1.807) is 11.3 Å². The van der Waals surface area contributed by atoms with Crippen LogP contribution in [-0.2, 0) is 0 Å². The van der Waals surface area contributed by atoms with E-state index in [1.165, 1.54) is 12.8 Å². The molecule has 1 saturated carbocycles. The van der Waals surface area contributed by atoms with Gasteiger partial charge in [-0.15, -0.1) is 11.3 Å². The third kappa shape index (κ3) is 1.87. The Balaban J connectivity index is 2.15. The summed E-state index contributed by atoms with van der Waals surface area (Å²) in [7, 11) is 0. The Kier molecular flexibility index (Phi) is 2.19. The lowest BCUT2D eigenvalue weighted by molar-refractivity contribution is 1.16. The van der Waals surface area contributed by atoms with Crippen molar-refractivity contribution >= 4 is 38.1 Å². The summed E-state index contributed by atoms with van der Waals surface area (Å²) < 4.78 is 1.08. The van der Waals surface area contributed by atoms with E-state index in [9.17, 15) is 0 Å². The van der Waals surface area contributed by atoms with Gasteiger partial charge in [0, 0.05) is 15.8 Å². The molecule has 0 spiro atoms. The fourth-order valence-electron chi connectivity index (χ4n) is 0.959. The van der Waals surface area contributed by atoms with Crippen molar-refractivity contribution in [2.24, 2.45) is 16.6 Å². The molecule has 2 nitrogen and oxygen atoms in total. The number of rotatable bonds is 2. The minimum absolute atomic E-state index is 0.561. The predicted molar refractivity (Wildman–Crippen MR) is 56.0 cm³/mol. The molecule has 0 saturated heterocycles. The minimum Gasteiger partial charge on any atom is -0.387 e. The lowest BCUT2D eigenvalue weighted by Crippen LogP contribution is -2.12. The van der Waals surface area contributed by atoms with E-state index in [1.807, 2.05) is 11.4 Å². The summed E-state index contributed by atoms with van der Waals surface area (Å²) in [6, 6.07) is 1.99. The van der Waals surface area contributed by atoms with Crippen molar-refractivity contribution in [3.05, 3.63) is 15.9 Å². The van der Waals surface area contributed by atoms with Crippen molar-refractivity contribution in [3.63, 3.8) is 0 Å². The molecule has 2 N–H and O–H groups in total. The van der Waals surface area contributed by atoms with Crippen LogP contribution < -0.4 is 5.73 Å². The van der Waals surface area contributed by atoms with Crippen LogP contribution in [0.1, 0.15) is 12.8 Å². The SMILES string of the molecule is NC(=Nc1cc(Br)cs1)C1CC1. The van der Waals surface area contributed by atoms with Crippen LogP contribution in [0.4, 0.5) is 5.00 Å². The lowest BCUT2D eigenvalue weighted by Gasteiger charge is -1.92. The average molecular weight is 245 g/mol. The first-order valence-corrected chi connectivity index (χ1v) is 5.51. The lowest BCUT2D eigenvalue weighted by atomic mass is 10.4. The summed E-state index contributed by atoms with van der Waals surface area (Å²) in [5.74, 6) is 1.36. The quantitative estimate of drug-likeness (QED) is 0.631. The summed E-state index contributed by atoms with van der Waals surface area (Å²) in [5.41, 5.74) is 5.76. The smallest absolute Gasteiger partial charge is 0.119 e. The molecule has 1 fully saturated rings. The molecule has 1 aromatic heterocycles. The summed E-state index contributed by atoms with van der Waals surface area (Å²) in [5, 5.41) is 3.00. The third-order valence-corrected chi connectivity index (χ3v) is 3.37. The largest absolute Gasteiger partial charge is 0.387 e. The molecule has 1 aliphatic rings. The average Bonchev–Trinajstić information content (AvgIpc) is 2.78. The Labute approximate surface area is 83.6 Å². The second-order valence-electron chi connectivity index (χ2n) is 2.91. The molecule has 0 amide bonds. The molecule has 1 aliphatic carbocycles. The summed E-state index contributed by atoms with van der Waals surface area (Å²) in [4.78, 5) is 4.32. The molecular formula is C8H9BrN2S.